The molecule has 0 atom stereocenters. The number of benzene rings is 3. The third-order valence-corrected chi connectivity index (χ3v) is 5.02. The van der Waals surface area contributed by atoms with Crippen molar-refractivity contribution in [2.45, 2.75) is 19.8 Å². The van der Waals surface area contributed by atoms with E-state index in [4.69, 9.17) is 4.74 Å². The van der Waals surface area contributed by atoms with Crippen molar-refractivity contribution in [3.63, 3.8) is 0 Å². The second-order valence-electron chi connectivity index (χ2n) is 7.49. The zero-order valence-electron chi connectivity index (χ0n) is 18.5. The van der Waals surface area contributed by atoms with Crippen LogP contribution >= 0.6 is 0 Å². The van der Waals surface area contributed by atoms with Crippen LogP contribution in [0, 0.1) is 0 Å². The minimum absolute atomic E-state index is 0.0478. The summed E-state index contributed by atoms with van der Waals surface area (Å²) >= 11 is 0. The number of carbonyl (C=O) groups excluding carboxylic acids is 2. The summed E-state index contributed by atoms with van der Waals surface area (Å²) in [5.74, 6) is 0.564. The molecule has 6 nitrogen and oxygen atoms in total. The molecule has 6 heteroatoms. The maximum absolute atomic E-state index is 12.3. The lowest BCUT2D eigenvalue weighted by molar-refractivity contribution is -0.116. The van der Waals surface area contributed by atoms with Crippen LogP contribution in [0.3, 0.4) is 0 Å². The molecule has 0 bridgehead atoms. The van der Waals surface area contributed by atoms with E-state index < -0.39 is 0 Å². The molecular weight excluding hydrogens is 402 g/mol. The van der Waals surface area contributed by atoms with Gasteiger partial charge in [0.25, 0.3) is 0 Å². The summed E-state index contributed by atoms with van der Waals surface area (Å²) in [5.41, 5.74) is 3.57. The van der Waals surface area contributed by atoms with Crippen molar-refractivity contribution in [3.8, 4) is 5.75 Å². The molecule has 3 aromatic carbocycles. The van der Waals surface area contributed by atoms with Crippen LogP contribution in [0.1, 0.15) is 18.9 Å². The van der Waals surface area contributed by atoms with Crippen LogP contribution in [0.5, 0.6) is 5.75 Å². The molecule has 0 saturated heterocycles. The summed E-state index contributed by atoms with van der Waals surface area (Å²) in [6, 6.07) is 25.1. The Balaban J connectivity index is 1.42. The molecule has 2 N–H and O–H groups in total. The highest BCUT2D eigenvalue weighted by Crippen LogP contribution is 2.19. The molecule has 0 saturated carbocycles. The normalized spacial score (nSPS) is 10.3. The molecule has 2 amide bonds. The molecule has 0 spiro atoms. The summed E-state index contributed by atoms with van der Waals surface area (Å²) < 4.78 is 5.85. The van der Waals surface area contributed by atoms with Crippen LogP contribution in [0.4, 0.5) is 17.1 Å². The van der Waals surface area contributed by atoms with Crippen LogP contribution in [0.15, 0.2) is 78.9 Å². The van der Waals surface area contributed by atoms with E-state index in [9.17, 15) is 9.59 Å². The Hall–Kier alpha value is -3.80. The van der Waals surface area contributed by atoms with E-state index in [1.54, 1.807) is 36.2 Å². The van der Waals surface area contributed by atoms with Gasteiger partial charge in [0, 0.05) is 37.1 Å². The summed E-state index contributed by atoms with van der Waals surface area (Å²) in [5, 5.41) is 5.96. The van der Waals surface area contributed by atoms with Gasteiger partial charge in [-0.1, -0.05) is 36.4 Å². The van der Waals surface area contributed by atoms with Crippen molar-refractivity contribution in [2.24, 2.45) is 0 Å². The molecule has 0 aliphatic heterocycles. The van der Waals surface area contributed by atoms with E-state index in [1.165, 1.54) is 12.5 Å². The van der Waals surface area contributed by atoms with Gasteiger partial charge in [-0.3, -0.25) is 9.59 Å². The lowest BCUT2D eigenvalue weighted by atomic mass is 10.1. The van der Waals surface area contributed by atoms with E-state index in [-0.39, 0.29) is 18.4 Å². The Morgan fingerprint density at radius 3 is 2.38 bits per heavy atom. The minimum Gasteiger partial charge on any atom is -0.494 e. The lowest BCUT2D eigenvalue weighted by Crippen LogP contribution is -2.23. The molecule has 32 heavy (non-hydrogen) atoms. The molecule has 0 heterocycles. The van der Waals surface area contributed by atoms with E-state index in [1.807, 2.05) is 42.5 Å². The number of aryl methyl sites for hydroxylation is 1. The van der Waals surface area contributed by atoms with Crippen LogP contribution in [0.2, 0.25) is 0 Å². The maximum atomic E-state index is 12.3. The Morgan fingerprint density at radius 2 is 1.66 bits per heavy atom. The molecule has 0 aromatic heterocycles. The number of nitrogens with one attached hydrogen (secondary N) is 2. The fourth-order valence-electron chi connectivity index (χ4n) is 3.14. The van der Waals surface area contributed by atoms with Gasteiger partial charge in [0.2, 0.25) is 11.8 Å². The van der Waals surface area contributed by atoms with Gasteiger partial charge in [-0.05, 0) is 54.8 Å². The van der Waals surface area contributed by atoms with Crippen molar-refractivity contribution in [1.29, 1.82) is 0 Å². The van der Waals surface area contributed by atoms with Gasteiger partial charge >= 0.3 is 0 Å². The molecule has 0 aliphatic carbocycles. The first kappa shape index (κ1) is 22.9. The van der Waals surface area contributed by atoms with Gasteiger partial charge in [-0.15, -0.1) is 0 Å². The number of nitrogens with zero attached hydrogens (tertiary/aromatic N) is 1. The Morgan fingerprint density at radius 1 is 0.906 bits per heavy atom. The van der Waals surface area contributed by atoms with Gasteiger partial charge in [0.05, 0.1) is 13.2 Å². The number of hydrogen-bond acceptors (Lipinski definition) is 4. The first-order valence-corrected chi connectivity index (χ1v) is 10.7. The Kier molecular flexibility index (Phi) is 8.26. The number of amides is 2. The highest BCUT2D eigenvalue weighted by Gasteiger charge is 2.07. The van der Waals surface area contributed by atoms with Crippen molar-refractivity contribution in [2.75, 3.05) is 35.7 Å². The maximum Gasteiger partial charge on any atom is 0.243 e. The van der Waals surface area contributed by atoms with Crippen molar-refractivity contribution in [1.82, 2.24) is 0 Å². The molecule has 0 radical (unpaired) electrons. The number of carbonyl (C=O) groups is 2. The van der Waals surface area contributed by atoms with Crippen LogP contribution < -0.4 is 20.3 Å². The highest BCUT2D eigenvalue weighted by atomic mass is 16.5. The predicted octanol–water partition coefficient (Wildman–Crippen LogP) is 4.73. The second kappa shape index (κ2) is 11.6. The number of rotatable bonds is 10. The third kappa shape index (κ3) is 7.16. The average molecular weight is 432 g/mol. The van der Waals surface area contributed by atoms with Crippen molar-refractivity contribution in [3.05, 3.63) is 84.4 Å². The van der Waals surface area contributed by atoms with Crippen molar-refractivity contribution >= 4 is 28.9 Å². The fraction of sp³-hybridized carbons (Fsp3) is 0.231. The van der Waals surface area contributed by atoms with Gasteiger partial charge < -0.3 is 20.3 Å². The van der Waals surface area contributed by atoms with E-state index in [0.29, 0.717) is 12.3 Å². The standard InChI is InChI=1S/C26H29N3O3/c1-20(30)29(2)24-15-13-22(14-16-24)28-26(31)19-27-23-11-6-12-25(18-23)32-17-7-10-21-8-4-3-5-9-21/h3-6,8-9,11-16,18,27H,7,10,17,19H2,1-2H3,(H,28,31). The topological polar surface area (TPSA) is 70.7 Å². The first-order valence-electron chi connectivity index (χ1n) is 10.7. The van der Waals surface area contributed by atoms with Gasteiger partial charge in [0.15, 0.2) is 0 Å². The van der Waals surface area contributed by atoms with E-state index >= 15 is 0 Å². The highest BCUT2D eigenvalue weighted by molar-refractivity contribution is 5.95. The monoisotopic (exact) mass is 431 g/mol. The fourth-order valence-corrected chi connectivity index (χ4v) is 3.14. The van der Waals surface area contributed by atoms with Crippen LogP contribution in [0.25, 0.3) is 0 Å². The molecule has 3 rings (SSSR count). The third-order valence-electron chi connectivity index (χ3n) is 5.02. The van der Waals surface area contributed by atoms with E-state index in [2.05, 4.69) is 22.8 Å². The Bertz CT molecular complexity index is 1020. The summed E-state index contributed by atoms with van der Waals surface area (Å²) in [6.07, 6.45) is 1.91. The zero-order valence-corrected chi connectivity index (χ0v) is 18.5. The smallest absolute Gasteiger partial charge is 0.243 e. The SMILES string of the molecule is CC(=O)N(C)c1ccc(NC(=O)CNc2cccc(OCCCc3ccccc3)c2)cc1. The zero-order chi connectivity index (χ0) is 22.8. The molecule has 0 fully saturated rings. The molecule has 0 aliphatic rings. The molecule has 0 unspecified atom stereocenters. The van der Waals surface area contributed by atoms with Crippen molar-refractivity contribution < 1.29 is 14.3 Å². The van der Waals surface area contributed by atoms with Crippen LogP contribution in [-0.2, 0) is 16.0 Å². The predicted molar refractivity (Wildman–Crippen MR) is 129 cm³/mol. The minimum atomic E-state index is -0.160. The quantitative estimate of drug-likeness (QED) is 0.455. The van der Waals surface area contributed by atoms with Gasteiger partial charge in [-0.25, -0.2) is 0 Å². The summed E-state index contributed by atoms with van der Waals surface area (Å²) in [7, 11) is 1.71. The number of anilines is 3. The van der Waals surface area contributed by atoms with Gasteiger partial charge in [-0.2, -0.15) is 0 Å². The average Bonchev–Trinajstić information content (AvgIpc) is 2.81. The number of ether oxygens (including phenoxy) is 1. The lowest BCUT2D eigenvalue weighted by Gasteiger charge is -2.15. The first-order chi connectivity index (χ1) is 15.5. The molecular formula is C26H29N3O3. The van der Waals surface area contributed by atoms with Crippen LogP contribution in [-0.4, -0.2) is 32.0 Å². The Labute approximate surface area is 189 Å². The molecule has 3 aromatic rings. The summed E-state index contributed by atoms with van der Waals surface area (Å²) in [4.78, 5) is 25.2. The van der Waals surface area contributed by atoms with Gasteiger partial charge in [0.1, 0.15) is 5.75 Å². The largest absolute Gasteiger partial charge is 0.494 e. The molecule has 166 valence electrons. The van der Waals surface area contributed by atoms with E-state index in [0.717, 1.165) is 30.0 Å². The number of hydrogen-bond donors (Lipinski definition) is 2. The second-order valence-corrected chi connectivity index (χ2v) is 7.49. The summed E-state index contributed by atoms with van der Waals surface area (Å²) in [6.45, 7) is 2.27.